The zero-order valence-electron chi connectivity index (χ0n) is 12.7. The quantitative estimate of drug-likeness (QED) is 0.845. The number of carbonyl (C=O) groups is 1. The Morgan fingerprint density at radius 2 is 2.00 bits per heavy atom. The second kappa shape index (κ2) is 6.69. The maximum atomic E-state index is 12.6. The van der Waals surface area contributed by atoms with E-state index < -0.39 is 38.1 Å². The molecule has 3 atom stereocenters. The highest BCUT2D eigenvalue weighted by molar-refractivity contribution is 7.92. The van der Waals surface area contributed by atoms with Crippen molar-refractivity contribution >= 4 is 21.4 Å². The average molecular weight is 366 g/mol. The molecular formula is C14H17F3N2O4S. The fraction of sp³-hybridized carbons (Fsp3) is 0.500. The van der Waals surface area contributed by atoms with E-state index in [0.717, 1.165) is 18.2 Å². The number of methoxy groups -OCH3 is 1. The molecule has 1 aliphatic carbocycles. The predicted octanol–water partition coefficient (Wildman–Crippen LogP) is 1.67. The van der Waals surface area contributed by atoms with Crippen LogP contribution in [0.1, 0.15) is 12.8 Å². The summed E-state index contributed by atoms with van der Waals surface area (Å²) in [7, 11) is -3.97. The van der Waals surface area contributed by atoms with Crippen LogP contribution in [0.5, 0.6) is 0 Å². The van der Waals surface area contributed by atoms with Crippen molar-refractivity contribution in [3.63, 3.8) is 0 Å². The topological polar surface area (TPSA) is 98.5 Å². The van der Waals surface area contributed by atoms with Crippen molar-refractivity contribution in [1.29, 1.82) is 0 Å². The van der Waals surface area contributed by atoms with Crippen LogP contribution in [0.2, 0.25) is 0 Å². The molecule has 0 heterocycles. The van der Waals surface area contributed by atoms with Crippen LogP contribution >= 0.6 is 0 Å². The van der Waals surface area contributed by atoms with Crippen LogP contribution in [-0.2, 0) is 19.4 Å². The van der Waals surface area contributed by atoms with Gasteiger partial charge in [0.2, 0.25) is 5.91 Å². The van der Waals surface area contributed by atoms with E-state index in [1.54, 1.807) is 0 Å². The lowest BCUT2D eigenvalue weighted by atomic mass is 10.0. The number of ether oxygens (including phenoxy) is 1. The van der Waals surface area contributed by atoms with E-state index in [1.807, 2.05) is 0 Å². The fourth-order valence-electron chi connectivity index (χ4n) is 2.63. The van der Waals surface area contributed by atoms with Crippen molar-refractivity contribution in [3.8, 4) is 0 Å². The van der Waals surface area contributed by atoms with Crippen LogP contribution in [0.4, 0.5) is 18.9 Å². The molecule has 1 amide bonds. The molecule has 3 N–H and O–H groups in total. The van der Waals surface area contributed by atoms with E-state index in [0.29, 0.717) is 12.8 Å². The summed E-state index contributed by atoms with van der Waals surface area (Å²) in [5, 5.41) is 2.42. The van der Waals surface area contributed by atoms with E-state index in [4.69, 9.17) is 10.5 Å². The van der Waals surface area contributed by atoms with E-state index in [-0.39, 0.29) is 11.8 Å². The van der Waals surface area contributed by atoms with Gasteiger partial charge in [-0.15, -0.1) is 0 Å². The summed E-state index contributed by atoms with van der Waals surface area (Å²) >= 11 is 0. The third-order valence-electron chi connectivity index (χ3n) is 3.96. The second-order valence-electron chi connectivity index (χ2n) is 5.57. The molecule has 0 radical (unpaired) electrons. The smallest absolute Gasteiger partial charge is 0.381 e. The van der Waals surface area contributed by atoms with Gasteiger partial charge in [0.1, 0.15) is 0 Å². The lowest BCUT2D eigenvalue weighted by Gasteiger charge is -2.15. The SMILES string of the molecule is CO[C@H]1C[C@@H](N)[C@@H](C(=O)Nc2cccc(S(=O)(=O)C(F)(F)F)c2)C1. The van der Waals surface area contributed by atoms with Crippen molar-refractivity contribution in [3.05, 3.63) is 24.3 Å². The van der Waals surface area contributed by atoms with E-state index >= 15 is 0 Å². The van der Waals surface area contributed by atoms with E-state index in [9.17, 15) is 26.4 Å². The number of nitrogens with one attached hydrogen (secondary N) is 1. The van der Waals surface area contributed by atoms with Gasteiger partial charge >= 0.3 is 5.51 Å². The largest absolute Gasteiger partial charge is 0.501 e. The minimum absolute atomic E-state index is 0.0432. The summed E-state index contributed by atoms with van der Waals surface area (Å²) in [4.78, 5) is 11.3. The molecule has 1 fully saturated rings. The Hall–Kier alpha value is -1.65. The Morgan fingerprint density at radius 3 is 2.54 bits per heavy atom. The van der Waals surface area contributed by atoms with Gasteiger partial charge in [-0.25, -0.2) is 8.42 Å². The monoisotopic (exact) mass is 366 g/mol. The molecule has 0 aliphatic heterocycles. The normalized spacial score (nSPS) is 24.8. The summed E-state index contributed by atoms with van der Waals surface area (Å²) in [6.45, 7) is 0. The van der Waals surface area contributed by atoms with Gasteiger partial charge in [-0.1, -0.05) is 6.07 Å². The van der Waals surface area contributed by atoms with Gasteiger partial charge in [0.15, 0.2) is 0 Å². The minimum atomic E-state index is -5.47. The summed E-state index contributed by atoms with van der Waals surface area (Å²) in [5.74, 6) is -1.04. The number of halogens is 3. The van der Waals surface area contributed by atoms with Gasteiger partial charge in [0, 0.05) is 18.8 Å². The van der Waals surface area contributed by atoms with Crippen LogP contribution < -0.4 is 11.1 Å². The number of rotatable bonds is 4. The summed E-state index contributed by atoms with van der Waals surface area (Å²) in [5.41, 5.74) is 0.420. The maximum absolute atomic E-state index is 12.6. The van der Waals surface area contributed by atoms with Gasteiger partial charge in [-0.3, -0.25) is 4.79 Å². The molecule has 10 heteroatoms. The van der Waals surface area contributed by atoms with Gasteiger partial charge in [0.05, 0.1) is 16.9 Å². The fourth-order valence-corrected chi connectivity index (χ4v) is 3.43. The van der Waals surface area contributed by atoms with Crippen molar-refractivity contribution in [2.24, 2.45) is 11.7 Å². The number of nitrogens with two attached hydrogens (primary N) is 1. The molecule has 1 aromatic rings. The first-order chi connectivity index (χ1) is 11.1. The Balaban J connectivity index is 2.17. The van der Waals surface area contributed by atoms with Gasteiger partial charge < -0.3 is 15.8 Å². The van der Waals surface area contributed by atoms with Crippen LogP contribution in [0.15, 0.2) is 29.2 Å². The molecule has 0 saturated heterocycles. The molecule has 6 nitrogen and oxygen atoms in total. The number of alkyl halides is 3. The third kappa shape index (κ3) is 3.70. The van der Waals surface area contributed by atoms with Crippen LogP contribution in [-0.4, -0.2) is 39.1 Å². The number of amides is 1. The van der Waals surface area contributed by atoms with E-state index in [1.165, 1.54) is 13.2 Å². The predicted molar refractivity (Wildman–Crippen MR) is 79.8 cm³/mol. The van der Waals surface area contributed by atoms with Gasteiger partial charge in [-0.05, 0) is 31.0 Å². The Labute approximate surface area is 137 Å². The standard InChI is InChI=1S/C14H17F3N2O4S/c1-23-9-6-11(12(18)7-9)13(20)19-8-3-2-4-10(5-8)24(21,22)14(15,16)17/h2-5,9,11-12H,6-7,18H2,1H3,(H,19,20)/t9-,11+,12-/m1/s1. The molecule has 0 spiro atoms. The molecule has 2 rings (SSSR count). The number of anilines is 1. The first-order valence-corrected chi connectivity index (χ1v) is 8.55. The zero-order chi connectivity index (χ0) is 18.1. The van der Waals surface area contributed by atoms with Gasteiger partial charge in [-0.2, -0.15) is 13.2 Å². The lowest BCUT2D eigenvalue weighted by molar-refractivity contribution is -0.120. The first kappa shape index (κ1) is 18.7. The Bertz CT molecular complexity index is 721. The molecular weight excluding hydrogens is 349 g/mol. The summed E-state index contributed by atoms with van der Waals surface area (Å²) in [6, 6.07) is 3.59. The number of carbonyl (C=O) groups excluding carboxylic acids is 1. The lowest BCUT2D eigenvalue weighted by Crippen LogP contribution is -2.34. The zero-order valence-corrected chi connectivity index (χ0v) is 13.5. The summed E-state index contributed by atoms with van der Waals surface area (Å²) < 4.78 is 65.7. The molecule has 0 unspecified atom stereocenters. The molecule has 0 bridgehead atoms. The van der Waals surface area contributed by atoms with Crippen molar-refractivity contribution < 1.29 is 31.1 Å². The van der Waals surface area contributed by atoms with Gasteiger partial charge in [0.25, 0.3) is 9.84 Å². The Morgan fingerprint density at radius 1 is 1.33 bits per heavy atom. The van der Waals surface area contributed by atoms with Crippen molar-refractivity contribution in [2.45, 2.75) is 35.4 Å². The highest BCUT2D eigenvalue weighted by Crippen LogP contribution is 2.32. The van der Waals surface area contributed by atoms with Crippen molar-refractivity contribution in [1.82, 2.24) is 0 Å². The van der Waals surface area contributed by atoms with Crippen molar-refractivity contribution in [2.75, 3.05) is 12.4 Å². The van der Waals surface area contributed by atoms with Crippen LogP contribution in [0.3, 0.4) is 0 Å². The number of sulfone groups is 1. The third-order valence-corrected chi connectivity index (χ3v) is 5.44. The summed E-state index contributed by atoms with van der Waals surface area (Å²) in [6.07, 6.45) is 0.730. The number of hydrogen-bond donors (Lipinski definition) is 2. The number of hydrogen-bond acceptors (Lipinski definition) is 5. The molecule has 1 saturated carbocycles. The molecule has 134 valence electrons. The average Bonchev–Trinajstić information content (AvgIpc) is 2.87. The highest BCUT2D eigenvalue weighted by Gasteiger charge is 2.47. The molecule has 1 aliphatic rings. The molecule has 24 heavy (non-hydrogen) atoms. The number of benzene rings is 1. The Kier molecular flexibility index (Phi) is 5.21. The second-order valence-corrected chi connectivity index (χ2v) is 7.51. The van der Waals surface area contributed by atoms with E-state index in [2.05, 4.69) is 5.32 Å². The maximum Gasteiger partial charge on any atom is 0.501 e. The minimum Gasteiger partial charge on any atom is -0.381 e. The highest BCUT2D eigenvalue weighted by atomic mass is 32.2. The molecule has 1 aromatic carbocycles. The first-order valence-electron chi connectivity index (χ1n) is 7.07. The molecule has 0 aromatic heterocycles. The van der Waals surface area contributed by atoms with Crippen LogP contribution in [0.25, 0.3) is 0 Å². The van der Waals surface area contributed by atoms with Crippen LogP contribution in [0, 0.1) is 5.92 Å².